The van der Waals surface area contributed by atoms with Crippen molar-refractivity contribution in [1.82, 2.24) is 0 Å². The maximum Gasteiger partial charge on any atom is 0.306 e. The number of rotatable bonds is 56. The van der Waals surface area contributed by atoms with Crippen LogP contribution < -0.4 is 0 Å². The van der Waals surface area contributed by atoms with Gasteiger partial charge < -0.3 is 14.2 Å². The van der Waals surface area contributed by atoms with Gasteiger partial charge in [-0.25, -0.2) is 0 Å². The van der Waals surface area contributed by atoms with E-state index in [9.17, 15) is 14.4 Å². The molecule has 0 aromatic heterocycles. The lowest BCUT2D eigenvalue weighted by atomic mass is 10.0. The first-order chi connectivity index (χ1) is 33.0. The van der Waals surface area contributed by atoms with E-state index < -0.39 is 6.10 Å². The average Bonchev–Trinajstić information content (AvgIpc) is 3.33. The smallest absolute Gasteiger partial charge is 0.306 e. The highest BCUT2D eigenvalue weighted by Crippen LogP contribution is 2.17. The van der Waals surface area contributed by atoms with Gasteiger partial charge in [-0.3, -0.25) is 14.4 Å². The fourth-order valence-corrected chi connectivity index (χ4v) is 9.21. The molecule has 0 spiro atoms. The second-order valence-corrected chi connectivity index (χ2v) is 20.6. The predicted molar refractivity (Wildman–Crippen MR) is 289 cm³/mol. The molecule has 0 aliphatic rings. The molecule has 6 nitrogen and oxygen atoms in total. The fourth-order valence-electron chi connectivity index (χ4n) is 9.21. The van der Waals surface area contributed by atoms with Crippen molar-refractivity contribution in [1.29, 1.82) is 0 Å². The van der Waals surface area contributed by atoms with Gasteiger partial charge in [0.15, 0.2) is 6.10 Å². The lowest BCUT2D eigenvalue weighted by Crippen LogP contribution is -2.30. The van der Waals surface area contributed by atoms with E-state index >= 15 is 0 Å². The lowest BCUT2D eigenvalue weighted by Gasteiger charge is -2.18. The summed E-state index contributed by atoms with van der Waals surface area (Å²) in [4.78, 5) is 38.2. The summed E-state index contributed by atoms with van der Waals surface area (Å²) in [5.74, 6) is -0.842. The number of unbranched alkanes of at least 4 members (excludes halogenated alkanes) is 43. The highest BCUT2D eigenvalue weighted by atomic mass is 16.6. The first kappa shape index (κ1) is 65.1. The van der Waals surface area contributed by atoms with Crippen molar-refractivity contribution in [3.63, 3.8) is 0 Å². The van der Waals surface area contributed by atoms with Gasteiger partial charge >= 0.3 is 17.9 Å². The molecule has 0 saturated carbocycles. The summed E-state index contributed by atoms with van der Waals surface area (Å²) in [6.45, 7) is 6.70. The topological polar surface area (TPSA) is 78.9 Å². The Balaban J connectivity index is 4.30. The van der Waals surface area contributed by atoms with E-state index in [-0.39, 0.29) is 31.1 Å². The molecule has 0 aliphatic heterocycles. The molecule has 0 bridgehead atoms. The van der Waals surface area contributed by atoms with Gasteiger partial charge in [-0.2, -0.15) is 0 Å². The Labute approximate surface area is 418 Å². The van der Waals surface area contributed by atoms with Crippen molar-refractivity contribution in [3.8, 4) is 0 Å². The van der Waals surface area contributed by atoms with E-state index in [0.29, 0.717) is 19.3 Å². The Morgan fingerprint density at radius 1 is 0.284 bits per heavy atom. The normalized spacial score (nSPS) is 12.0. The van der Waals surface area contributed by atoms with Crippen LogP contribution in [0.2, 0.25) is 0 Å². The molecule has 1 atom stereocenters. The maximum atomic E-state index is 12.9. The summed E-state index contributed by atoms with van der Waals surface area (Å²) in [6, 6.07) is 0. The fraction of sp³-hybridized carbons (Fsp3) is 0.918. The third kappa shape index (κ3) is 55.0. The minimum absolute atomic E-state index is 0.0650. The largest absolute Gasteiger partial charge is 0.462 e. The first-order valence-electron chi connectivity index (χ1n) is 30.2. The standard InChI is InChI=1S/C61H116O6/c1-4-7-10-13-16-19-22-25-28-29-30-31-34-36-39-42-45-48-51-54-60(63)66-57-58(67-61(64)55-52-49-46-43-40-37-33-27-24-21-18-15-12-9-6-3)56-65-59(62)53-50-47-44-41-38-35-32-26-23-20-17-14-11-8-5-2/h29-30,58H,4-28,31-57H2,1-3H3/b30-29-/t58-/m1/s1. The van der Waals surface area contributed by atoms with Crippen LogP contribution in [0.4, 0.5) is 0 Å². The number of ether oxygens (including phenoxy) is 3. The van der Waals surface area contributed by atoms with Crippen LogP contribution in [0.25, 0.3) is 0 Å². The van der Waals surface area contributed by atoms with E-state index in [2.05, 4.69) is 32.9 Å². The highest BCUT2D eigenvalue weighted by Gasteiger charge is 2.19. The summed E-state index contributed by atoms with van der Waals surface area (Å²) in [5, 5.41) is 0. The Kier molecular flexibility index (Phi) is 55.2. The molecule has 396 valence electrons. The van der Waals surface area contributed by atoms with E-state index in [4.69, 9.17) is 14.2 Å². The van der Waals surface area contributed by atoms with Crippen molar-refractivity contribution in [2.24, 2.45) is 0 Å². The van der Waals surface area contributed by atoms with Crippen LogP contribution in [0.15, 0.2) is 12.2 Å². The van der Waals surface area contributed by atoms with Crippen LogP contribution in [0.1, 0.15) is 342 Å². The van der Waals surface area contributed by atoms with Crippen molar-refractivity contribution < 1.29 is 28.6 Å². The van der Waals surface area contributed by atoms with E-state index in [1.807, 2.05) is 0 Å². The lowest BCUT2D eigenvalue weighted by molar-refractivity contribution is -0.167. The molecular weight excluding hydrogens is 829 g/mol. The zero-order valence-electron chi connectivity index (χ0n) is 45.5. The molecule has 6 heteroatoms. The average molecular weight is 946 g/mol. The number of carbonyl (C=O) groups is 3. The minimum Gasteiger partial charge on any atom is -0.462 e. The van der Waals surface area contributed by atoms with Gasteiger partial charge in [0, 0.05) is 19.3 Å². The van der Waals surface area contributed by atoms with Crippen molar-refractivity contribution >= 4 is 17.9 Å². The highest BCUT2D eigenvalue weighted by molar-refractivity contribution is 5.71. The second kappa shape index (κ2) is 56.7. The molecule has 0 aromatic rings. The van der Waals surface area contributed by atoms with Gasteiger partial charge in [0.2, 0.25) is 0 Å². The van der Waals surface area contributed by atoms with Crippen LogP contribution in [0.5, 0.6) is 0 Å². The Bertz CT molecular complexity index is 1040. The Morgan fingerprint density at radius 3 is 0.746 bits per heavy atom. The SMILES string of the molecule is CCCCCCCCCC/C=C\CCCCCCCCCC(=O)OC[C@@H](COC(=O)CCCCCCCCCCCCCCCCC)OC(=O)CCCCCCCCCCCCCCCCC. The molecule has 0 aromatic carbocycles. The summed E-state index contributed by atoms with van der Waals surface area (Å²) in [5.41, 5.74) is 0. The quantitative estimate of drug-likeness (QED) is 0.0262. The molecule has 0 radical (unpaired) electrons. The molecular formula is C61H116O6. The monoisotopic (exact) mass is 945 g/mol. The number of carbonyl (C=O) groups excluding carboxylic acids is 3. The van der Waals surface area contributed by atoms with Crippen LogP contribution in [0.3, 0.4) is 0 Å². The van der Waals surface area contributed by atoms with Crippen molar-refractivity contribution in [2.75, 3.05) is 13.2 Å². The predicted octanol–water partition coefficient (Wildman–Crippen LogP) is 20.1. The zero-order chi connectivity index (χ0) is 48.6. The molecule has 0 unspecified atom stereocenters. The minimum atomic E-state index is -0.766. The number of hydrogen-bond donors (Lipinski definition) is 0. The number of esters is 3. The summed E-state index contributed by atoms with van der Waals surface area (Å²) < 4.78 is 16.9. The summed E-state index contributed by atoms with van der Waals surface area (Å²) in [6.07, 6.45) is 64.9. The first-order valence-corrected chi connectivity index (χ1v) is 30.2. The van der Waals surface area contributed by atoms with Crippen LogP contribution in [0, 0.1) is 0 Å². The molecule has 0 N–H and O–H groups in total. The molecule has 0 aliphatic carbocycles. The number of hydrogen-bond acceptors (Lipinski definition) is 6. The van der Waals surface area contributed by atoms with E-state index in [1.54, 1.807) is 0 Å². The maximum absolute atomic E-state index is 12.9. The zero-order valence-corrected chi connectivity index (χ0v) is 45.5. The van der Waals surface area contributed by atoms with Gasteiger partial charge in [0.25, 0.3) is 0 Å². The summed E-state index contributed by atoms with van der Waals surface area (Å²) >= 11 is 0. The summed E-state index contributed by atoms with van der Waals surface area (Å²) in [7, 11) is 0. The van der Waals surface area contributed by atoms with Gasteiger partial charge in [-0.1, -0.05) is 290 Å². The Morgan fingerprint density at radius 2 is 0.493 bits per heavy atom. The number of allylic oxidation sites excluding steroid dienone is 2. The molecule has 0 rings (SSSR count). The van der Waals surface area contributed by atoms with Crippen molar-refractivity contribution in [3.05, 3.63) is 12.2 Å². The van der Waals surface area contributed by atoms with E-state index in [0.717, 1.165) is 57.8 Å². The third-order valence-electron chi connectivity index (χ3n) is 13.8. The van der Waals surface area contributed by atoms with Crippen LogP contribution in [-0.2, 0) is 28.6 Å². The van der Waals surface area contributed by atoms with Crippen LogP contribution in [-0.4, -0.2) is 37.2 Å². The molecule has 67 heavy (non-hydrogen) atoms. The van der Waals surface area contributed by atoms with Crippen LogP contribution >= 0.6 is 0 Å². The van der Waals surface area contributed by atoms with Gasteiger partial charge in [0.1, 0.15) is 13.2 Å². The molecule has 0 heterocycles. The Hall–Kier alpha value is -1.85. The van der Waals surface area contributed by atoms with Crippen molar-refractivity contribution in [2.45, 2.75) is 348 Å². The van der Waals surface area contributed by atoms with Gasteiger partial charge in [0.05, 0.1) is 0 Å². The molecule has 0 fully saturated rings. The van der Waals surface area contributed by atoms with E-state index in [1.165, 1.54) is 244 Å². The van der Waals surface area contributed by atoms with Gasteiger partial charge in [-0.15, -0.1) is 0 Å². The third-order valence-corrected chi connectivity index (χ3v) is 13.8. The second-order valence-electron chi connectivity index (χ2n) is 20.6. The van der Waals surface area contributed by atoms with Gasteiger partial charge in [-0.05, 0) is 44.9 Å². The molecule has 0 amide bonds. The molecule has 0 saturated heterocycles.